The molecule has 0 aliphatic carbocycles. The zero-order valence-electron chi connectivity index (χ0n) is 8.73. The van der Waals surface area contributed by atoms with Gasteiger partial charge in [-0.2, -0.15) is 0 Å². The van der Waals surface area contributed by atoms with E-state index in [-0.39, 0.29) is 13.8 Å². The largest absolute Gasteiger partial charge is 0.476 e. The third-order valence-electron chi connectivity index (χ3n) is 2.33. The Labute approximate surface area is 96.3 Å². The molecular weight excluding hydrogens is 227 g/mol. The van der Waals surface area contributed by atoms with E-state index in [1.165, 1.54) is 7.11 Å². The van der Waals surface area contributed by atoms with Gasteiger partial charge in [0.25, 0.3) is 0 Å². The van der Waals surface area contributed by atoms with Gasteiger partial charge < -0.3 is 13.7 Å². The Morgan fingerprint density at radius 1 is 1.56 bits per heavy atom. The number of fused-ring (bicyclic) bond motifs is 1. The van der Waals surface area contributed by atoms with Gasteiger partial charge >= 0.3 is 5.97 Å². The predicted octanol–water partition coefficient (Wildman–Crippen LogP) is 2.56. The van der Waals surface area contributed by atoms with Crippen molar-refractivity contribution in [3.05, 3.63) is 30.0 Å². The molecule has 0 saturated heterocycles. The molecule has 0 aliphatic heterocycles. The number of hydrogen-bond acceptors (Lipinski definition) is 4. The van der Waals surface area contributed by atoms with Crippen molar-refractivity contribution in [2.45, 2.75) is 6.42 Å². The SMILES string of the molecule is COC(=O)Cc1coc2c(OP)cccc12.[3HH]. The molecule has 0 amide bonds. The molecule has 1 aromatic carbocycles. The highest BCUT2D eigenvalue weighted by Crippen LogP contribution is 2.30. The Kier molecular flexibility index (Phi) is 3.11. The van der Waals surface area contributed by atoms with Crippen LogP contribution in [0.3, 0.4) is 0 Å². The molecule has 0 saturated carbocycles. The predicted molar refractivity (Wildman–Crippen MR) is 64.4 cm³/mol. The van der Waals surface area contributed by atoms with Crippen LogP contribution in [0.5, 0.6) is 5.75 Å². The fourth-order valence-electron chi connectivity index (χ4n) is 1.54. The van der Waals surface area contributed by atoms with E-state index in [2.05, 4.69) is 14.2 Å². The van der Waals surface area contributed by atoms with Crippen molar-refractivity contribution in [2.75, 3.05) is 7.11 Å². The van der Waals surface area contributed by atoms with Crippen LogP contribution in [-0.4, -0.2) is 13.1 Å². The molecule has 0 N–H and O–H groups in total. The van der Waals surface area contributed by atoms with Crippen LogP contribution in [0.1, 0.15) is 6.99 Å². The molecule has 1 unspecified atom stereocenters. The lowest BCUT2D eigenvalue weighted by Gasteiger charge is -2.00. The molecule has 86 valence electrons. The lowest BCUT2D eigenvalue weighted by atomic mass is 10.1. The van der Waals surface area contributed by atoms with Crippen LogP contribution in [0.25, 0.3) is 11.0 Å². The van der Waals surface area contributed by atoms with Crippen LogP contribution in [0.4, 0.5) is 0 Å². The highest BCUT2D eigenvalue weighted by atomic mass is 31.0. The molecule has 0 fully saturated rings. The van der Waals surface area contributed by atoms with E-state index in [1.807, 2.05) is 12.1 Å². The highest BCUT2D eigenvalue weighted by molar-refractivity contribution is 7.10. The molecule has 1 aromatic heterocycles. The van der Waals surface area contributed by atoms with Gasteiger partial charge in [0.2, 0.25) is 0 Å². The maximum Gasteiger partial charge on any atom is 0.310 e. The number of methoxy groups -OCH3 is 1. The second-order valence-electron chi connectivity index (χ2n) is 3.26. The average Bonchev–Trinajstić information content (AvgIpc) is 2.72. The summed E-state index contributed by atoms with van der Waals surface area (Å²) in [6.45, 7) is 0. The lowest BCUT2D eigenvalue weighted by molar-refractivity contribution is -0.139. The molecule has 0 bridgehead atoms. The van der Waals surface area contributed by atoms with E-state index < -0.39 is 0 Å². The van der Waals surface area contributed by atoms with Gasteiger partial charge in [0.05, 0.1) is 29.3 Å². The van der Waals surface area contributed by atoms with Gasteiger partial charge in [-0.1, -0.05) is 12.1 Å². The molecule has 0 spiro atoms. The van der Waals surface area contributed by atoms with E-state index in [4.69, 9.17) is 8.94 Å². The number of carbonyl (C=O) groups is 1. The van der Waals surface area contributed by atoms with Crippen molar-refractivity contribution < 1.29 is 19.9 Å². The molecular formula is C11H13O4P. The third-order valence-corrected chi connectivity index (χ3v) is 2.59. The van der Waals surface area contributed by atoms with E-state index in [0.29, 0.717) is 11.3 Å². The second-order valence-corrected chi connectivity index (χ2v) is 3.50. The van der Waals surface area contributed by atoms with Crippen molar-refractivity contribution in [3.8, 4) is 5.75 Å². The molecule has 0 radical (unpaired) electrons. The van der Waals surface area contributed by atoms with Gasteiger partial charge in [0.15, 0.2) is 11.3 Å². The first kappa shape index (κ1) is 11.0. The zero-order valence-corrected chi connectivity index (χ0v) is 9.88. The van der Waals surface area contributed by atoms with Gasteiger partial charge in [-0.25, -0.2) is 0 Å². The van der Waals surface area contributed by atoms with Gasteiger partial charge in [-0.3, -0.25) is 4.79 Å². The van der Waals surface area contributed by atoms with Crippen molar-refractivity contribution in [1.29, 1.82) is 0 Å². The first-order valence-electron chi connectivity index (χ1n) is 4.69. The quantitative estimate of drug-likeness (QED) is 0.613. The summed E-state index contributed by atoms with van der Waals surface area (Å²) in [5.74, 6) is 0.332. The number of esters is 1. The molecule has 2 aromatic rings. The fraction of sp³-hybridized carbons (Fsp3) is 0.182. The zero-order chi connectivity index (χ0) is 11.5. The molecule has 1 atom stereocenters. The summed E-state index contributed by atoms with van der Waals surface area (Å²) < 4.78 is 15.1. The number of para-hydroxylation sites is 1. The first-order valence-corrected chi connectivity index (χ1v) is 5.16. The Balaban J connectivity index is 0.00000144. The molecule has 4 nitrogen and oxygen atoms in total. The lowest BCUT2D eigenvalue weighted by Crippen LogP contribution is -2.03. The van der Waals surface area contributed by atoms with Crippen LogP contribution in [0, 0.1) is 0 Å². The Morgan fingerprint density at radius 3 is 3.06 bits per heavy atom. The number of carbonyl (C=O) groups excluding carboxylic acids is 1. The number of hydrogen-bond donors (Lipinski definition) is 0. The number of furan rings is 1. The van der Waals surface area contributed by atoms with Crippen molar-refractivity contribution in [2.24, 2.45) is 0 Å². The molecule has 5 heteroatoms. The summed E-state index contributed by atoms with van der Waals surface area (Å²) in [5.41, 5.74) is 1.43. The monoisotopic (exact) mass is 242 g/mol. The maximum atomic E-state index is 11.2. The van der Waals surface area contributed by atoms with Crippen molar-refractivity contribution >= 4 is 26.4 Å². The summed E-state index contributed by atoms with van der Waals surface area (Å²) in [7, 11) is 3.53. The van der Waals surface area contributed by atoms with E-state index in [1.54, 1.807) is 12.3 Å². The minimum atomic E-state index is -0.292. The normalized spacial score (nSPS) is 10.4. The van der Waals surface area contributed by atoms with Gasteiger partial charge in [0, 0.05) is 12.4 Å². The maximum absolute atomic E-state index is 11.2. The van der Waals surface area contributed by atoms with E-state index in [0.717, 1.165) is 10.9 Å². The summed E-state index contributed by atoms with van der Waals surface area (Å²) in [6, 6.07) is 5.52. The molecule has 1 heterocycles. The third kappa shape index (κ3) is 1.89. The van der Waals surface area contributed by atoms with Crippen LogP contribution in [0.15, 0.2) is 28.9 Å². The van der Waals surface area contributed by atoms with Crippen LogP contribution in [0.2, 0.25) is 0 Å². The van der Waals surface area contributed by atoms with Crippen LogP contribution < -0.4 is 4.52 Å². The number of rotatable bonds is 3. The number of ether oxygens (including phenoxy) is 1. The average molecular weight is 242 g/mol. The minimum absolute atomic E-state index is 0. The summed E-state index contributed by atoms with van der Waals surface area (Å²) >= 11 is 0. The summed E-state index contributed by atoms with van der Waals surface area (Å²) in [5, 5.41) is 0.866. The Hall–Kier alpha value is -1.54. The van der Waals surface area contributed by atoms with Gasteiger partial charge in [0.1, 0.15) is 0 Å². The Bertz CT molecular complexity index is 523. The van der Waals surface area contributed by atoms with E-state index >= 15 is 0 Å². The number of benzene rings is 1. The topological polar surface area (TPSA) is 48.7 Å². The molecule has 0 aliphatic rings. The van der Waals surface area contributed by atoms with Crippen LogP contribution >= 0.6 is 9.47 Å². The second kappa shape index (κ2) is 4.54. The Morgan fingerprint density at radius 2 is 2.38 bits per heavy atom. The van der Waals surface area contributed by atoms with Gasteiger partial charge in [-0.05, 0) is 6.07 Å². The smallest absolute Gasteiger partial charge is 0.310 e. The fourth-order valence-corrected chi connectivity index (χ4v) is 1.73. The minimum Gasteiger partial charge on any atom is -0.476 e. The molecule has 2 rings (SSSR count). The summed E-state index contributed by atoms with van der Waals surface area (Å²) in [6.07, 6.45) is 1.75. The first-order chi connectivity index (χ1) is 7.76. The van der Waals surface area contributed by atoms with Gasteiger partial charge in [-0.15, -0.1) is 0 Å². The van der Waals surface area contributed by atoms with Crippen LogP contribution in [-0.2, 0) is 16.0 Å². The standard InChI is InChI=1S/C11H11O4P.H2/c1-13-10(12)5-7-6-14-11-8(7)3-2-4-9(11)15-16;/h2-4,6H,5,16H2,1H3;1H/i;1+2. The van der Waals surface area contributed by atoms with Crippen molar-refractivity contribution in [3.63, 3.8) is 0 Å². The molecule has 16 heavy (non-hydrogen) atoms. The summed E-state index contributed by atoms with van der Waals surface area (Å²) in [4.78, 5) is 11.2. The van der Waals surface area contributed by atoms with Crippen molar-refractivity contribution in [1.82, 2.24) is 0 Å². The highest BCUT2D eigenvalue weighted by Gasteiger charge is 2.13. The van der Waals surface area contributed by atoms with E-state index in [9.17, 15) is 4.79 Å².